The summed E-state index contributed by atoms with van der Waals surface area (Å²) in [5.74, 6) is -2.01. The maximum atomic E-state index is 14.2. The normalized spacial score (nSPS) is 12.4. The van der Waals surface area contributed by atoms with Crippen LogP contribution in [0, 0.1) is 11.6 Å². The minimum absolute atomic E-state index is 0.0427. The number of amides is 2. The van der Waals surface area contributed by atoms with E-state index in [0.717, 1.165) is 0 Å². The van der Waals surface area contributed by atoms with Crippen molar-refractivity contribution in [3.8, 4) is 0 Å². The van der Waals surface area contributed by atoms with E-state index in [1.165, 1.54) is 29.2 Å². The summed E-state index contributed by atoms with van der Waals surface area (Å²) in [4.78, 5) is 26.9. The highest BCUT2D eigenvalue weighted by atomic mass is 35.5. The van der Waals surface area contributed by atoms with Crippen LogP contribution in [0.5, 0.6) is 0 Å². The standard InChI is InChI=1S/C22H25ClF2N2O2/c1-14(21(29)26-22(2,3)4)27(13-15-8-5-6-10-18(15)24)20(28)12-16-17(23)9-7-11-19(16)25/h5-11,14H,12-13H2,1-4H3,(H,26,29)/t14-/m1/s1. The van der Waals surface area contributed by atoms with Crippen molar-refractivity contribution < 1.29 is 18.4 Å². The molecule has 0 radical (unpaired) electrons. The van der Waals surface area contributed by atoms with Gasteiger partial charge < -0.3 is 10.2 Å². The van der Waals surface area contributed by atoms with Crippen molar-refractivity contribution in [2.24, 2.45) is 0 Å². The minimum atomic E-state index is -0.896. The molecule has 2 aromatic carbocycles. The zero-order chi connectivity index (χ0) is 21.8. The molecule has 0 aromatic heterocycles. The summed E-state index contributed by atoms with van der Waals surface area (Å²) in [6, 6.07) is 9.27. The minimum Gasteiger partial charge on any atom is -0.350 e. The van der Waals surface area contributed by atoms with E-state index in [2.05, 4.69) is 5.32 Å². The zero-order valence-corrected chi connectivity index (χ0v) is 17.7. The van der Waals surface area contributed by atoms with Gasteiger partial charge in [0, 0.05) is 28.2 Å². The third-order valence-corrected chi connectivity index (χ3v) is 4.71. The molecule has 0 aliphatic heterocycles. The fraction of sp³-hybridized carbons (Fsp3) is 0.364. The quantitative estimate of drug-likeness (QED) is 0.745. The van der Waals surface area contributed by atoms with Gasteiger partial charge >= 0.3 is 0 Å². The number of hydrogen-bond acceptors (Lipinski definition) is 2. The van der Waals surface area contributed by atoms with E-state index in [-0.39, 0.29) is 35.0 Å². The SMILES string of the molecule is C[C@H](C(=O)NC(C)(C)C)N(Cc1ccccc1F)C(=O)Cc1c(F)cccc1Cl. The largest absolute Gasteiger partial charge is 0.350 e. The zero-order valence-electron chi connectivity index (χ0n) is 16.9. The van der Waals surface area contributed by atoms with Crippen LogP contribution in [-0.4, -0.2) is 28.3 Å². The van der Waals surface area contributed by atoms with E-state index in [1.54, 1.807) is 25.1 Å². The second-order valence-corrected chi connectivity index (χ2v) is 8.31. The van der Waals surface area contributed by atoms with Crippen molar-refractivity contribution in [1.29, 1.82) is 0 Å². The Morgan fingerprint density at radius 1 is 1.07 bits per heavy atom. The average Bonchev–Trinajstić information content (AvgIpc) is 2.62. The number of carbonyl (C=O) groups is 2. The van der Waals surface area contributed by atoms with Gasteiger partial charge in [-0.1, -0.05) is 35.9 Å². The average molecular weight is 423 g/mol. The Balaban J connectivity index is 2.34. The van der Waals surface area contributed by atoms with Crippen LogP contribution in [0.1, 0.15) is 38.8 Å². The fourth-order valence-corrected chi connectivity index (χ4v) is 3.05. The predicted molar refractivity (Wildman–Crippen MR) is 109 cm³/mol. The summed E-state index contributed by atoms with van der Waals surface area (Å²) in [5, 5.41) is 2.94. The van der Waals surface area contributed by atoms with Crippen molar-refractivity contribution in [2.75, 3.05) is 0 Å². The summed E-state index contributed by atoms with van der Waals surface area (Å²) >= 11 is 6.04. The molecule has 0 unspecified atom stereocenters. The Morgan fingerprint density at radius 3 is 2.28 bits per heavy atom. The van der Waals surface area contributed by atoms with Crippen LogP contribution >= 0.6 is 11.6 Å². The highest BCUT2D eigenvalue weighted by molar-refractivity contribution is 6.31. The molecule has 0 bridgehead atoms. The van der Waals surface area contributed by atoms with Gasteiger partial charge in [0.25, 0.3) is 0 Å². The first kappa shape index (κ1) is 22.8. The third kappa shape index (κ3) is 6.26. The Bertz CT molecular complexity index is 876. The summed E-state index contributed by atoms with van der Waals surface area (Å²) < 4.78 is 28.3. The molecular formula is C22H25ClF2N2O2. The number of halogens is 3. The predicted octanol–water partition coefficient (Wildman–Crippen LogP) is 4.49. The molecule has 2 rings (SSSR count). The van der Waals surface area contributed by atoms with Crippen LogP contribution < -0.4 is 5.32 Å². The lowest BCUT2D eigenvalue weighted by molar-refractivity contribution is -0.140. The molecule has 0 saturated heterocycles. The van der Waals surface area contributed by atoms with E-state index in [0.29, 0.717) is 0 Å². The van der Waals surface area contributed by atoms with E-state index < -0.39 is 29.1 Å². The Labute approximate surface area is 174 Å². The maximum Gasteiger partial charge on any atom is 0.242 e. The summed E-state index contributed by atoms with van der Waals surface area (Å²) in [6.07, 6.45) is -0.340. The molecule has 0 aliphatic rings. The lowest BCUT2D eigenvalue weighted by Crippen LogP contribution is -2.52. The van der Waals surface area contributed by atoms with Crippen molar-refractivity contribution >= 4 is 23.4 Å². The van der Waals surface area contributed by atoms with E-state index in [1.807, 2.05) is 20.8 Å². The molecule has 4 nitrogen and oxygen atoms in total. The first-order valence-corrected chi connectivity index (χ1v) is 9.65. The van der Waals surface area contributed by atoms with Gasteiger partial charge in [0.05, 0.1) is 6.42 Å². The molecule has 1 atom stereocenters. The van der Waals surface area contributed by atoms with Crippen LogP contribution in [0.2, 0.25) is 5.02 Å². The van der Waals surface area contributed by atoms with Crippen molar-refractivity contribution in [3.63, 3.8) is 0 Å². The first-order chi connectivity index (χ1) is 13.5. The highest BCUT2D eigenvalue weighted by Crippen LogP contribution is 2.22. The van der Waals surface area contributed by atoms with Gasteiger partial charge in [0.2, 0.25) is 11.8 Å². The van der Waals surface area contributed by atoms with Gasteiger partial charge in [-0.05, 0) is 45.9 Å². The van der Waals surface area contributed by atoms with E-state index >= 15 is 0 Å². The van der Waals surface area contributed by atoms with E-state index in [4.69, 9.17) is 11.6 Å². The number of nitrogens with one attached hydrogen (secondary N) is 1. The molecule has 0 aliphatic carbocycles. The topological polar surface area (TPSA) is 49.4 Å². The van der Waals surface area contributed by atoms with Gasteiger partial charge in [0.1, 0.15) is 17.7 Å². The van der Waals surface area contributed by atoms with Crippen LogP contribution in [0.4, 0.5) is 8.78 Å². The highest BCUT2D eigenvalue weighted by Gasteiger charge is 2.29. The number of nitrogens with zero attached hydrogens (tertiary/aromatic N) is 1. The second kappa shape index (κ2) is 9.35. The Kier molecular flexibility index (Phi) is 7.36. The van der Waals surface area contributed by atoms with Gasteiger partial charge in [0.15, 0.2) is 0 Å². The van der Waals surface area contributed by atoms with Crippen molar-refractivity contribution in [3.05, 3.63) is 70.2 Å². The second-order valence-electron chi connectivity index (χ2n) is 7.91. The van der Waals surface area contributed by atoms with E-state index in [9.17, 15) is 18.4 Å². The molecule has 0 spiro atoms. The van der Waals surface area contributed by atoms with Gasteiger partial charge in [-0.3, -0.25) is 9.59 Å². The smallest absolute Gasteiger partial charge is 0.242 e. The molecule has 7 heteroatoms. The lowest BCUT2D eigenvalue weighted by Gasteiger charge is -2.31. The summed E-state index contributed by atoms with van der Waals surface area (Å²) in [7, 11) is 0. The number of carbonyl (C=O) groups excluding carboxylic acids is 2. The van der Waals surface area contributed by atoms with Crippen LogP contribution in [0.25, 0.3) is 0 Å². The number of hydrogen-bond donors (Lipinski definition) is 1. The molecule has 1 N–H and O–H groups in total. The van der Waals surface area contributed by atoms with Crippen molar-refractivity contribution in [2.45, 2.75) is 52.2 Å². The molecule has 29 heavy (non-hydrogen) atoms. The Morgan fingerprint density at radius 2 is 1.69 bits per heavy atom. The molecule has 0 saturated carbocycles. The monoisotopic (exact) mass is 422 g/mol. The summed E-state index contributed by atoms with van der Waals surface area (Å²) in [5.41, 5.74) is -0.204. The molecule has 0 heterocycles. The molecule has 2 amide bonds. The van der Waals surface area contributed by atoms with Gasteiger partial charge in [-0.2, -0.15) is 0 Å². The van der Waals surface area contributed by atoms with Gasteiger partial charge in [-0.25, -0.2) is 8.78 Å². The van der Waals surface area contributed by atoms with Gasteiger partial charge in [-0.15, -0.1) is 0 Å². The number of rotatable bonds is 6. The van der Waals surface area contributed by atoms with Crippen LogP contribution in [0.3, 0.4) is 0 Å². The molecular weight excluding hydrogens is 398 g/mol. The lowest BCUT2D eigenvalue weighted by atomic mass is 10.1. The molecule has 156 valence electrons. The fourth-order valence-electron chi connectivity index (χ4n) is 2.82. The molecule has 2 aromatic rings. The first-order valence-electron chi connectivity index (χ1n) is 9.27. The Hall–Kier alpha value is -2.47. The van der Waals surface area contributed by atoms with Crippen LogP contribution in [0.15, 0.2) is 42.5 Å². The maximum absolute atomic E-state index is 14.2. The van der Waals surface area contributed by atoms with Crippen molar-refractivity contribution in [1.82, 2.24) is 10.2 Å². The number of benzene rings is 2. The summed E-state index contributed by atoms with van der Waals surface area (Å²) in [6.45, 7) is 6.89. The third-order valence-electron chi connectivity index (χ3n) is 4.35. The molecule has 0 fully saturated rings. The van der Waals surface area contributed by atoms with Crippen LogP contribution in [-0.2, 0) is 22.6 Å².